The molecule has 2 aromatic carbocycles. The zero-order valence-corrected chi connectivity index (χ0v) is 12.3. The van der Waals surface area contributed by atoms with Crippen LogP contribution >= 0.6 is 0 Å². The molecule has 18 heavy (non-hydrogen) atoms. The molecule has 0 unspecified atom stereocenters. The van der Waals surface area contributed by atoms with E-state index in [1.165, 1.54) is 15.7 Å². The zero-order valence-electron chi connectivity index (χ0n) is 10.5. The number of hydrogen-bond acceptors (Lipinski definition) is 1. The van der Waals surface area contributed by atoms with Crippen LogP contribution in [-0.4, -0.2) is 25.0 Å². The molecule has 0 aliphatic heterocycles. The van der Waals surface area contributed by atoms with Gasteiger partial charge in [0, 0.05) is 0 Å². The molecule has 0 radical (unpaired) electrons. The van der Waals surface area contributed by atoms with Crippen molar-refractivity contribution in [3.63, 3.8) is 0 Å². The van der Waals surface area contributed by atoms with Crippen LogP contribution in [0.4, 0.5) is 0 Å². The second kappa shape index (κ2) is 6.53. The number of hydrogen-bond donors (Lipinski definition) is 0. The zero-order chi connectivity index (χ0) is 12.8. The maximum absolute atomic E-state index is 3.12. The van der Waals surface area contributed by atoms with Crippen LogP contribution in [0.25, 0.3) is 0 Å². The quantitative estimate of drug-likeness (QED) is 0.768. The van der Waals surface area contributed by atoms with E-state index in [1.807, 2.05) is 0 Å². The average molecular weight is 302 g/mol. The molecule has 0 aliphatic carbocycles. The van der Waals surface area contributed by atoms with Crippen molar-refractivity contribution in [2.24, 2.45) is 0 Å². The SMILES string of the molecule is CC(=[Se])N(Cc1ccccc1)Cc1ccccc1. The Morgan fingerprint density at radius 3 is 1.56 bits per heavy atom. The summed E-state index contributed by atoms with van der Waals surface area (Å²) in [5, 5.41) is 0. The predicted octanol–water partition coefficient (Wildman–Crippen LogP) is 3.01. The number of benzene rings is 2. The van der Waals surface area contributed by atoms with Crippen molar-refractivity contribution in [2.45, 2.75) is 20.0 Å². The van der Waals surface area contributed by atoms with E-state index in [9.17, 15) is 0 Å². The topological polar surface area (TPSA) is 3.24 Å². The maximum atomic E-state index is 3.12. The van der Waals surface area contributed by atoms with Crippen molar-refractivity contribution in [2.75, 3.05) is 0 Å². The van der Waals surface area contributed by atoms with Crippen LogP contribution in [-0.2, 0) is 13.1 Å². The summed E-state index contributed by atoms with van der Waals surface area (Å²) in [6, 6.07) is 21.1. The molecular formula is C16H17NSe. The fraction of sp³-hybridized carbons (Fsp3) is 0.188. The summed E-state index contributed by atoms with van der Waals surface area (Å²) in [6.07, 6.45) is 0. The van der Waals surface area contributed by atoms with Gasteiger partial charge in [0.2, 0.25) is 0 Å². The first-order valence-electron chi connectivity index (χ1n) is 6.09. The molecule has 0 atom stereocenters. The summed E-state index contributed by atoms with van der Waals surface area (Å²) in [4.78, 5) is 2.35. The van der Waals surface area contributed by atoms with E-state index in [0.29, 0.717) is 0 Å². The third-order valence-corrected chi connectivity index (χ3v) is 3.42. The minimum absolute atomic E-state index is 0.939. The van der Waals surface area contributed by atoms with Crippen molar-refractivity contribution in [3.8, 4) is 0 Å². The van der Waals surface area contributed by atoms with Crippen LogP contribution in [0.5, 0.6) is 0 Å². The molecule has 2 rings (SSSR count). The van der Waals surface area contributed by atoms with E-state index in [2.05, 4.69) is 88.1 Å². The second-order valence-corrected chi connectivity index (χ2v) is 5.59. The van der Waals surface area contributed by atoms with Crippen molar-refractivity contribution in [1.82, 2.24) is 4.90 Å². The van der Waals surface area contributed by atoms with E-state index in [1.54, 1.807) is 0 Å². The molecule has 0 fully saturated rings. The van der Waals surface area contributed by atoms with Crippen LogP contribution in [0.1, 0.15) is 18.1 Å². The summed E-state index contributed by atoms with van der Waals surface area (Å²) in [6.45, 7) is 4.00. The summed E-state index contributed by atoms with van der Waals surface area (Å²) >= 11 is 3.12. The van der Waals surface area contributed by atoms with E-state index in [4.69, 9.17) is 0 Å². The Morgan fingerprint density at radius 1 is 0.833 bits per heavy atom. The van der Waals surface area contributed by atoms with Crippen LogP contribution < -0.4 is 0 Å². The monoisotopic (exact) mass is 303 g/mol. The van der Waals surface area contributed by atoms with E-state index in [0.717, 1.165) is 13.1 Å². The fourth-order valence-corrected chi connectivity index (χ4v) is 2.16. The predicted molar refractivity (Wildman–Crippen MR) is 78.6 cm³/mol. The average Bonchev–Trinajstić information content (AvgIpc) is 2.40. The van der Waals surface area contributed by atoms with Gasteiger partial charge in [0.1, 0.15) is 0 Å². The van der Waals surface area contributed by atoms with E-state index in [-0.39, 0.29) is 0 Å². The third kappa shape index (κ3) is 3.83. The van der Waals surface area contributed by atoms with Gasteiger partial charge in [-0.1, -0.05) is 0 Å². The van der Waals surface area contributed by atoms with Crippen molar-refractivity contribution < 1.29 is 0 Å². The van der Waals surface area contributed by atoms with Gasteiger partial charge in [-0.3, -0.25) is 0 Å². The van der Waals surface area contributed by atoms with Crippen LogP contribution in [0.2, 0.25) is 0 Å². The van der Waals surface area contributed by atoms with Gasteiger partial charge >= 0.3 is 117 Å². The van der Waals surface area contributed by atoms with Crippen molar-refractivity contribution >= 4 is 20.1 Å². The molecule has 0 aromatic heterocycles. The van der Waals surface area contributed by atoms with Crippen molar-refractivity contribution in [1.29, 1.82) is 0 Å². The second-order valence-electron chi connectivity index (χ2n) is 4.35. The van der Waals surface area contributed by atoms with Gasteiger partial charge in [0.05, 0.1) is 0 Å². The van der Waals surface area contributed by atoms with Crippen molar-refractivity contribution in [3.05, 3.63) is 71.8 Å². The Bertz CT molecular complexity index is 452. The molecule has 0 saturated heterocycles. The Labute approximate surface area is 117 Å². The first-order chi connectivity index (χ1) is 8.75. The van der Waals surface area contributed by atoms with E-state index >= 15 is 0 Å². The van der Waals surface area contributed by atoms with Crippen LogP contribution in [0, 0.1) is 0 Å². The summed E-state index contributed by atoms with van der Waals surface area (Å²) < 4.78 is 1.22. The Kier molecular flexibility index (Phi) is 4.74. The molecule has 0 saturated carbocycles. The molecular weight excluding hydrogens is 285 g/mol. The molecule has 0 heterocycles. The van der Waals surface area contributed by atoms with Gasteiger partial charge in [-0.15, -0.1) is 0 Å². The Balaban J connectivity index is 2.08. The standard InChI is InChI=1S/C16H17NSe/c1-14(18)17(12-15-8-4-2-5-9-15)13-16-10-6-3-7-11-16/h2-11H,12-13H2,1H3. The van der Waals surface area contributed by atoms with Gasteiger partial charge in [-0.05, 0) is 0 Å². The number of nitrogens with zero attached hydrogens (tertiary/aromatic N) is 1. The molecule has 0 bridgehead atoms. The summed E-state index contributed by atoms with van der Waals surface area (Å²) in [7, 11) is 0. The molecule has 0 amide bonds. The van der Waals surface area contributed by atoms with Crippen LogP contribution in [0.3, 0.4) is 0 Å². The van der Waals surface area contributed by atoms with Gasteiger partial charge in [-0.2, -0.15) is 0 Å². The molecule has 2 heteroatoms. The Morgan fingerprint density at radius 2 is 1.22 bits per heavy atom. The Hall–Kier alpha value is -1.37. The molecule has 0 spiro atoms. The first kappa shape index (κ1) is 13.1. The molecule has 1 nitrogen and oxygen atoms in total. The molecule has 0 aliphatic rings. The minimum atomic E-state index is 0.939. The third-order valence-electron chi connectivity index (χ3n) is 2.88. The fourth-order valence-electron chi connectivity index (χ4n) is 1.89. The summed E-state index contributed by atoms with van der Waals surface area (Å²) in [5.41, 5.74) is 2.67. The van der Waals surface area contributed by atoms with E-state index < -0.39 is 0 Å². The first-order valence-corrected chi connectivity index (χ1v) is 6.95. The van der Waals surface area contributed by atoms with Gasteiger partial charge in [0.25, 0.3) is 0 Å². The van der Waals surface area contributed by atoms with Gasteiger partial charge in [0.15, 0.2) is 0 Å². The molecule has 0 N–H and O–H groups in total. The number of rotatable bonds is 5. The summed E-state index contributed by atoms with van der Waals surface area (Å²) in [5.74, 6) is 0. The van der Waals surface area contributed by atoms with Gasteiger partial charge < -0.3 is 0 Å². The van der Waals surface area contributed by atoms with Crippen LogP contribution in [0.15, 0.2) is 60.7 Å². The van der Waals surface area contributed by atoms with Gasteiger partial charge in [-0.25, -0.2) is 0 Å². The molecule has 92 valence electrons. The normalized spacial score (nSPS) is 10.1. The molecule has 2 aromatic rings.